The van der Waals surface area contributed by atoms with Gasteiger partial charge in [0.1, 0.15) is 0 Å². The summed E-state index contributed by atoms with van der Waals surface area (Å²) in [7, 11) is 0. The molecule has 0 radical (unpaired) electrons. The second-order valence-electron chi connectivity index (χ2n) is 4.33. The van der Waals surface area contributed by atoms with Gasteiger partial charge in [-0.2, -0.15) is 0 Å². The van der Waals surface area contributed by atoms with E-state index in [9.17, 15) is 0 Å². The summed E-state index contributed by atoms with van der Waals surface area (Å²) in [5.74, 6) is 0. The molecule has 0 aliphatic carbocycles. The Labute approximate surface area is 110 Å². The summed E-state index contributed by atoms with van der Waals surface area (Å²) in [4.78, 5) is 4.55. The summed E-state index contributed by atoms with van der Waals surface area (Å²) >= 11 is 1.70. The number of rotatable bonds is 3. The van der Waals surface area contributed by atoms with E-state index in [4.69, 9.17) is 0 Å². The van der Waals surface area contributed by atoms with Gasteiger partial charge < -0.3 is 5.32 Å². The standard InChI is InChI=1S/C15H14N2S/c1-11-6-8-12(9-7-11)10-16-15-17-13-4-2-3-5-14(13)18-15/h2-9H,10H2,1H3,(H,16,17). The highest BCUT2D eigenvalue weighted by Crippen LogP contribution is 2.25. The SMILES string of the molecule is Cc1ccc(CNc2nc3ccccc3s2)cc1. The Bertz CT molecular complexity index is 623. The molecule has 0 aliphatic heterocycles. The Morgan fingerprint density at radius 2 is 1.83 bits per heavy atom. The van der Waals surface area contributed by atoms with E-state index < -0.39 is 0 Å². The molecule has 0 fully saturated rings. The van der Waals surface area contributed by atoms with Gasteiger partial charge in [-0.15, -0.1) is 0 Å². The summed E-state index contributed by atoms with van der Waals surface area (Å²) in [5.41, 5.74) is 3.63. The van der Waals surface area contributed by atoms with E-state index in [1.165, 1.54) is 15.8 Å². The normalized spacial score (nSPS) is 10.7. The number of fused-ring (bicyclic) bond motifs is 1. The van der Waals surface area contributed by atoms with Gasteiger partial charge in [-0.3, -0.25) is 0 Å². The lowest BCUT2D eigenvalue weighted by molar-refractivity contribution is 1.14. The maximum Gasteiger partial charge on any atom is 0.184 e. The Kier molecular flexibility index (Phi) is 2.99. The van der Waals surface area contributed by atoms with Gasteiger partial charge in [0.2, 0.25) is 0 Å². The molecule has 3 heteroatoms. The van der Waals surface area contributed by atoms with Crippen molar-refractivity contribution < 1.29 is 0 Å². The van der Waals surface area contributed by atoms with E-state index in [1.807, 2.05) is 18.2 Å². The molecule has 0 spiro atoms. The first-order chi connectivity index (χ1) is 8.81. The lowest BCUT2D eigenvalue weighted by Gasteiger charge is -2.02. The van der Waals surface area contributed by atoms with Crippen molar-refractivity contribution >= 4 is 26.7 Å². The molecular weight excluding hydrogens is 240 g/mol. The average molecular weight is 254 g/mol. The molecule has 0 atom stereocenters. The molecule has 0 bridgehead atoms. The third kappa shape index (κ3) is 2.36. The first kappa shape index (κ1) is 11.2. The largest absolute Gasteiger partial charge is 0.357 e. The molecule has 0 saturated heterocycles. The molecule has 1 heterocycles. The van der Waals surface area contributed by atoms with Crippen LogP contribution in [0.5, 0.6) is 0 Å². The van der Waals surface area contributed by atoms with Crippen molar-refractivity contribution in [1.82, 2.24) is 4.98 Å². The van der Waals surface area contributed by atoms with E-state index in [0.29, 0.717) is 0 Å². The highest BCUT2D eigenvalue weighted by Gasteiger charge is 2.02. The van der Waals surface area contributed by atoms with Crippen LogP contribution >= 0.6 is 11.3 Å². The number of benzene rings is 2. The van der Waals surface area contributed by atoms with Crippen LogP contribution in [0.15, 0.2) is 48.5 Å². The summed E-state index contributed by atoms with van der Waals surface area (Å²) in [6.45, 7) is 2.92. The predicted octanol–water partition coefficient (Wildman–Crippen LogP) is 4.22. The number of para-hydroxylation sites is 1. The Balaban J connectivity index is 1.74. The minimum atomic E-state index is 0.820. The van der Waals surface area contributed by atoms with E-state index in [-0.39, 0.29) is 0 Å². The fourth-order valence-corrected chi connectivity index (χ4v) is 2.69. The van der Waals surface area contributed by atoms with Crippen LogP contribution in [-0.4, -0.2) is 4.98 Å². The number of thiazole rings is 1. The molecule has 2 aromatic carbocycles. The van der Waals surface area contributed by atoms with Gasteiger partial charge >= 0.3 is 0 Å². The zero-order chi connectivity index (χ0) is 12.4. The molecule has 1 N–H and O–H groups in total. The number of nitrogens with one attached hydrogen (secondary N) is 1. The van der Waals surface area contributed by atoms with Crippen LogP contribution in [0.2, 0.25) is 0 Å². The van der Waals surface area contributed by atoms with E-state index in [2.05, 4.69) is 47.6 Å². The Hall–Kier alpha value is -1.87. The highest BCUT2D eigenvalue weighted by atomic mass is 32.1. The van der Waals surface area contributed by atoms with Gasteiger partial charge in [-0.25, -0.2) is 4.98 Å². The number of nitrogens with zero attached hydrogens (tertiary/aromatic N) is 1. The van der Waals surface area contributed by atoms with Gasteiger partial charge in [-0.05, 0) is 24.6 Å². The molecule has 18 heavy (non-hydrogen) atoms. The van der Waals surface area contributed by atoms with Gasteiger partial charge in [0.25, 0.3) is 0 Å². The molecule has 3 rings (SSSR count). The lowest BCUT2D eigenvalue weighted by atomic mass is 10.1. The summed E-state index contributed by atoms with van der Waals surface area (Å²) in [5, 5.41) is 4.36. The molecule has 0 aliphatic rings. The number of aryl methyl sites for hydroxylation is 1. The zero-order valence-corrected chi connectivity index (χ0v) is 11.0. The van der Waals surface area contributed by atoms with Crippen LogP contribution in [0.25, 0.3) is 10.2 Å². The van der Waals surface area contributed by atoms with E-state index in [0.717, 1.165) is 17.2 Å². The van der Waals surface area contributed by atoms with Crippen LogP contribution < -0.4 is 5.32 Å². The molecule has 2 nitrogen and oxygen atoms in total. The molecule has 0 unspecified atom stereocenters. The van der Waals surface area contributed by atoms with Crippen LogP contribution in [0.4, 0.5) is 5.13 Å². The van der Waals surface area contributed by atoms with Crippen molar-refractivity contribution in [3.8, 4) is 0 Å². The molecule has 0 amide bonds. The van der Waals surface area contributed by atoms with Crippen molar-refractivity contribution in [1.29, 1.82) is 0 Å². The van der Waals surface area contributed by atoms with Crippen LogP contribution in [0.1, 0.15) is 11.1 Å². The first-order valence-corrected chi connectivity index (χ1v) is 6.78. The quantitative estimate of drug-likeness (QED) is 0.757. The fourth-order valence-electron chi connectivity index (χ4n) is 1.83. The Morgan fingerprint density at radius 3 is 2.61 bits per heavy atom. The maximum atomic E-state index is 4.55. The second-order valence-corrected chi connectivity index (χ2v) is 5.36. The van der Waals surface area contributed by atoms with Gasteiger partial charge in [-0.1, -0.05) is 53.3 Å². The Morgan fingerprint density at radius 1 is 1.06 bits per heavy atom. The van der Waals surface area contributed by atoms with Gasteiger partial charge in [0.05, 0.1) is 10.2 Å². The maximum absolute atomic E-state index is 4.55. The molecular formula is C15H14N2S. The molecule has 3 aromatic rings. The van der Waals surface area contributed by atoms with Crippen molar-refractivity contribution in [3.63, 3.8) is 0 Å². The third-order valence-electron chi connectivity index (χ3n) is 2.86. The first-order valence-electron chi connectivity index (χ1n) is 5.96. The number of hydrogen-bond donors (Lipinski definition) is 1. The smallest absolute Gasteiger partial charge is 0.184 e. The lowest BCUT2D eigenvalue weighted by Crippen LogP contribution is -1.98. The molecule has 90 valence electrons. The third-order valence-corrected chi connectivity index (χ3v) is 3.85. The van der Waals surface area contributed by atoms with E-state index in [1.54, 1.807) is 11.3 Å². The number of anilines is 1. The number of aromatic nitrogens is 1. The molecule has 1 aromatic heterocycles. The van der Waals surface area contributed by atoms with Crippen LogP contribution in [-0.2, 0) is 6.54 Å². The van der Waals surface area contributed by atoms with Crippen molar-refractivity contribution in [3.05, 3.63) is 59.7 Å². The van der Waals surface area contributed by atoms with Crippen LogP contribution in [0.3, 0.4) is 0 Å². The second kappa shape index (κ2) is 4.78. The summed E-state index contributed by atoms with van der Waals surface area (Å²) in [6.07, 6.45) is 0. The highest BCUT2D eigenvalue weighted by molar-refractivity contribution is 7.22. The van der Waals surface area contributed by atoms with E-state index >= 15 is 0 Å². The summed E-state index contributed by atoms with van der Waals surface area (Å²) < 4.78 is 1.23. The van der Waals surface area contributed by atoms with Gasteiger partial charge in [0, 0.05) is 6.54 Å². The van der Waals surface area contributed by atoms with Gasteiger partial charge in [0.15, 0.2) is 5.13 Å². The van der Waals surface area contributed by atoms with Crippen LogP contribution in [0, 0.1) is 6.92 Å². The van der Waals surface area contributed by atoms with Crippen molar-refractivity contribution in [2.24, 2.45) is 0 Å². The molecule has 0 saturated carbocycles. The summed E-state index contributed by atoms with van der Waals surface area (Å²) in [6, 6.07) is 16.8. The van der Waals surface area contributed by atoms with Crippen molar-refractivity contribution in [2.45, 2.75) is 13.5 Å². The minimum absolute atomic E-state index is 0.820. The fraction of sp³-hybridized carbons (Fsp3) is 0.133. The van der Waals surface area contributed by atoms with Crippen molar-refractivity contribution in [2.75, 3.05) is 5.32 Å². The average Bonchev–Trinajstić information content (AvgIpc) is 2.81. The minimum Gasteiger partial charge on any atom is -0.357 e. The topological polar surface area (TPSA) is 24.9 Å². The predicted molar refractivity (Wildman–Crippen MR) is 78.1 cm³/mol. The zero-order valence-electron chi connectivity index (χ0n) is 10.2. The monoisotopic (exact) mass is 254 g/mol. The number of hydrogen-bond acceptors (Lipinski definition) is 3.